The lowest BCUT2D eigenvalue weighted by Gasteiger charge is -2.09. The average molecular weight is 298 g/mol. The molecule has 0 saturated carbocycles. The number of hydrogen-bond acceptors (Lipinski definition) is 3. The van der Waals surface area contributed by atoms with Gasteiger partial charge in [0.15, 0.2) is 0 Å². The van der Waals surface area contributed by atoms with Crippen LogP contribution in [0, 0.1) is 0 Å². The molecule has 0 atom stereocenters. The molecule has 0 fully saturated rings. The van der Waals surface area contributed by atoms with E-state index in [2.05, 4.69) is 17.0 Å². The van der Waals surface area contributed by atoms with Crippen molar-refractivity contribution in [1.82, 2.24) is 5.32 Å². The lowest BCUT2D eigenvalue weighted by atomic mass is 10.1. The smallest absolute Gasteiger partial charge is 0.232 e. The highest BCUT2D eigenvalue weighted by Crippen LogP contribution is 2.13. The van der Waals surface area contributed by atoms with Crippen LogP contribution in [0.15, 0.2) is 24.3 Å². The second kappa shape index (κ2) is 8.97. The number of sulfonamides is 1. The van der Waals surface area contributed by atoms with Crippen LogP contribution in [0.2, 0.25) is 0 Å². The van der Waals surface area contributed by atoms with Gasteiger partial charge in [0.2, 0.25) is 10.0 Å². The van der Waals surface area contributed by atoms with Gasteiger partial charge in [-0.2, -0.15) is 0 Å². The predicted molar refractivity (Wildman–Crippen MR) is 85.6 cm³/mol. The molecule has 20 heavy (non-hydrogen) atoms. The Balaban J connectivity index is 2.41. The second-order valence-corrected chi connectivity index (χ2v) is 6.77. The summed E-state index contributed by atoms with van der Waals surface area (Å²) in [7, 11) is -3.22. The number of benzene rings is 1. The number of hydrogen-bond donors (Lipinski definition) is 2. The molecule has 0 radical (unpaired) electrons. The van der Waals surface area contributed by atoms with E-state index in [9.17, 15) is 8.42 Å². The van der Waals surface area contributed by atoms with E-state index in [1.54, 1.807) is 0 Å². The Morgan fingerprint density at radius 1 is 1.05 bits per heavy atom. The van der Waals surface area contributed by atoms with Crippen LogP contribution in [0.25, 0.3) is 0 Å². The monoisotopic (exact) mass is 298 g/mol. The third kappa shape index (κ3) is 6.91. The van der Waals surface area contributed by atoms with Crippen molar-refractivity contribution in [3.05, 3.63) is 29.8 Å². The van der Waals surface area contributed by atoms with Gasteiger partial charge >= 0.3 is 0 Å². The Labute approximate surface area is 123 Å². The fourth-order valence-corrected chi connectivity index (χ4v) is 3.16. The molecular weight excluding hydrogens is 272 g/mol. The van der Waals surface area contributed by atoms with Crippen molar-refractivity contribution in [2.45, 2.75) is 39.5 Å². The van der Waals surface area contributed by atoms with Crippen molar-refractivity contribution in [1.29, 1.82) is 0 Å². The molecule has 0 aliphatic carbocycles. The Hall–Kier alpha value is -1.07. The molecule has 0 heterocycles. The largest absolute Gasteiger partial charge is 0.317 e. The van der Waals surface area contributed by atoms with Crippen molar-refractivity contribution in [2.24, 2.45) is 0 Å². The van der Waals surface area contributed by atoms with E-state index < -0.39 is 10.0 Å². The molecule has 114 valence electrons. The van der Waals surface area contributed by atoms with Crippen LogP contribution in [0.4, 0.5) is 5.69 Å². The van der Waals surface area contributed by atoms with E-state index in [1.807, 2.05) is 31.2 Å². The molecule has 1 rings (SSSR count). The number of nitrogens with one attached hydrogen (secondary N) is 2. The molecule has 0 saturated heterocycles. The molecule has 0 amide bonds. The van der Waals surface area contributed by atoms with E-state index in [0.29, 0.717) is 12.1 Å². The first-order valence-corrected chi connectivity index (χ1v) is 9.02. The zero-order chi connectivity index (χ0) is 14.8. The lowest BCUT2D eigenvalue weighted by molar-refractivity contribution is 0.593. The highest BCUT2D eigenvalue weighted by atomic mass is 32.2. The van der Waals surface area contributed by atoms with Gasteiger partial charge in [-0.05, 0) is 50.0 Å². The minimum Gasteiger partial charge on any atom is -0.317 e. The summed E-state index contributed by atoms with van der Waals surface area (Å²) in [6, 6.07) is 7.63. The van der Waals surface area contributed by atoms with Gasteiger partial charge in [0.1, 0.15) is 0 Å². The van der Waals surface area contributed by atoms with Gasteiger partial charge in [-0.25, -0.2) is 8.42 Å². The maximum Gasteiger partial charge on any atom is 0.232 e. The molecule has 0 unspecified atom stereocenters. The molecule has 2 N–H and O–H groups in total. The number of aryl methyl sites for hydroxylation is 1. The molecular formula is C15H26N2O2S. The van der Waals surface area contributed by atoms with Crippen LogP contribution in [0.3, 0.4) is 0 Å². The van der Waals surface area contributed by atoms with Crippen LogP contribution >= 0.6 is 0 Å². The Morgan fingerprint density at radius 2 is 1.75 bits per heavy atom. The quantitative estimate of drug-likeness (QED) is 0.653. The van der Waals surface area contributed by atoms with Gasteiger partial charge in [-0.1, -0.05) is 32.4 Å². The average Bonchev–Trinajstić information content (AvgIpc) is 2.41. The van der Waals surface area contributed by atoms with Crippen molar-refractivity contribution in [2.75, 3.05) is 23.6 Å². The molecule has 0 aliphatic heterocycles. The second-order valence-electron chi connectivity index (χ2n) is 4.93. The third-order valence-corrected chi connectivity index (χ3v) is 4.41. The summed E-state index contributed by atoms with van der Waals surface area (Å²) in [4.78, 5) is 0. The first-order chi connectivity index (χ1) is 9.57. The van der Waals surface area contributed by atoms with Gasteiger partial charge in [0.05, 0.1) is 5.75 Å². The third-order valence-electron chi connectivity index (χ3n) is 3.03. The first-order valence-electron chi connectivity index (χ1n) is 7.37. The molecule has 0 aliphatic rings. The zero-order valence-electron chi connectivity index (χ0n) is 12.5. The summed E-state index contributed by atoms with van der Waals surface area (Å²) < 4.78 is 26.5. The van der Waals surface area contributed by atoms with Crippen LogP contribution in [-0.4, -0.2) is 27.3 Å². The fraction of sp³-hybridized carbons (Fsp3) is 0.600. The number of anilines is 1. The molecule has 1 aromatic carbocycles. The summed E-state index contributed by atoms with van der Waals surface area (Å²) >= 11 is 0. The summed E-state index contributed by atoms with van der Waals surface area (Å²) in [5.41, 5.74) is 1.89. The first kappa shape index (κ1) is 17.0. The van der Waals surface area contributed by atoms with Gasteiger partial charge in [0.25, 0.3) is 0 Å². The molecule has 0 spiro atoms. The summed E-state index contributed by atoms with van der Waals surface area (Å²) in [5.74, 6) is 0.176. The van der Waals surface area contributed by atoms with Crippen molar-refractivity contribution < 1.29 is 8.42 Å². The topological polar surface area (TPSA) is 58.2 Å². The number of rotatable bonds is 10. The van der Waals surface area contributed by atoms with E-state index in [4.69, 9.17) is 0 Å². The van der Waals surface area contributed by atoms with E-state index in [1.165, 1.54) is 5.56 Å². The summed E-state index contributed by atoms with van der Waals surface area (Å²) in [6.07, 6.45) is 3.68. The van der Waals surface area contributed by atoms with Crippen LogP contribution in [0.5, 0.6) is 0 Å². The van der Waals surface area contributed by atoms with Crippen LogP contribution < -0.4 is 10.0 Å². The highest BCUT2D eigenvalue weighted by Gasteiger charge is 2.09. The van der Waals surface area contributed by atoms with E-state index in [0.717, 1.165) is 32.4 Å². The van der Waals surface area contributed by atoms with Gasteiger partial charge < -0.3 is 5.32 Å². The molecule has 0 aromatic heterocycles. The lowest BCUT2D eigenvalue weighted by Crippen LogP contribution is -2.19. The van der Waals surface area contributed by atoms with Crippen LogP contribution in [-0.2, 0) is 16.4 Å². The maximum absolute atomic E-state index is 11.9. The Kier molecular flexibility index (Phi) is 7.62. The molecule has 5 heteroatoms. The minimum absolute atomic E-state index is 0.176. The Morgan fingerprint density at radius 3 is 2.35 bits per heavy atom. The predicted octanol–water partition coefficient (Wildman–Crippen LogP) is 2.77. The minimum atomic E-state index is -3.22. The standard InChI is InChI=1S/C15H26N2O2S/c1-3-7-14-8-10-15(11-9-14)17-20(18,19)13-6-5-12-16-4-2/h8-11,16-17H,3-7,12-13H2,1-2H3. The fourth-order valence-electron chi connectivity index (χ4n) is 1.98. The normalized spacial score (nSPS) is 11.5. The Bertz CT molecular complexity index is 469. The molecule has 1 aromatic rings. The van der Waals surface area contributed by atoms with Crippen LogP contribution in [0.1, 0.15) is 38.7 Å². The van der Waals surface area contributed by atoms with E-state index >= 15 is 0 Å². The molecule has 0 bridgehead atoms. The van der Waals surface area contributed by atoms with Crippen molar-refractivity contribution >= 4 is 15.7 Å². The van der Waals surface area contributed by atoms with Crippen molar-refractivity contribution in [3.8, 4) is 0 Å². The summed E-state index contributed by atoms with van der Waals surface area (Å²) in [5, 5.41) is 3.19. The van der Waals surface area contributed by atoms with Gasteiger partial charge in [0, 0.05) is 5.69 Å². The maximum atomic E-state index is 11.9. The highest BCUT2D eigenvalue weighted by molar-refractivity contribution is 7.92. The number of unbranched alkanes of at least 4 members (excludes halogenated alkanes) is 1. The summed E-state index contributed by atoms with van der Waals surface area (Å²) in [6.45, 7) is 5.97. The van der Waals surface area contributed by atoms with E-state index in [-0.39, 0.29) is 5.75 Å². The zero-order valence-corrected chi connectivity index (χ0v) is 13.3. The SMILES string of the molecule is CCCc1ccc(NS(=O)(=O)CCCCNCC)cc1. The van der Waals surface area contributed by atoms with Gasteiger partial charge in [-0.3, -0.25) is 4.72 Å². The molecule has 4 nitrogen and oxygen atoms in total. The van der Waals surface area contributed by atoms with Gasteiger partial charge in [-0.15, -0.1) is 0 Å². The van der Waals surface area contributed by atoms with Crippen molar-refractivity contribution in [3.63, 3.8) is 0 Å².